The van der Waals surface area contributed by atoms with Gasteiger partial charge in [-0.2, -0.15) is 0 Å². The molecule has 80 valence electrons. The van der Waals surface area contributed by atoms with Crippen molar-refractivity contribution in [2.24, 2.45) is 10.9 Å². The third-order valence-electron chi connectivity index (χ3n) is 2.35. The molecule has 0 unspecified atom stereocenters. The summed E-state index contributed by atoms with van der Waals surface area (Å²) in [7, 11) is 0. The molecule has 1 aliphatic heterocycles. The quantitative estimate of drug-likeness (QED) is 0.591. The summed E-state index contributed by atoms with van der Waals surface area (Å²) < 4.78 is 5.14. The van der Waals surface area contributed by atoms with Crippen molar-refractivity contribution in [2.45, 2.75) is 26.1 Å². The highest BCUT2D eigenvalue weighted by Gasteiger charge is 2.33. The van der Waals surface area contributed by atoms with Gasteiger partial charge in [-0.3, -0.25) is 4.79 Å². The first-order valence-electron chi connectivity index (χ1n) is 4.54. The number of nitrogens with zero attached hydrogens (tertiary/aromatic N) is 1. The summed E-state index contributed by atoms with van der Waals surface area (Å²) in [5.74, 6) is -0.546. The highest BCUT2D eigenvalue weighted by atomic mass is 16.5. The molecule has 0 aromatic rings. The number of aliphatic imine (C=N–C) groups is 1. The van der Waals surface area contributed by atoms with E-state index in [9.17, 15) is 9.90 Å². The number of hydrogen-bond donors (Lipinski definition) is 2. The van der Waals surface area contributed by atoms with Crippen LogP contribution in [0.2, 0.25) is 0 Å². The molecule has 0 saturated carbocycles. The lowest BCUT2D eigenvalue weighted by molar-refractivity contribution is -0.116. The van der Waals surface area contributed by atoms with Gasteiger partial charge in [0.05, 0.1) is 25.0 Å². The van der Waals surface area contributed by atoms with Gasteiger partial charge < -0.3 is 14.9 Å². The topological polar surface area (TPSA) is 79.1 Å². The van der Waals surface area contributed by atoms with E-state index >= 15 is 0 Å². The van der Waals surface area contributed by atoms with Crippen molar-refractivity contribution < 1.29 is 19.7 Å². The number of hydrogen-bond acceptors (Lipinski definition) is 4. The molecule has 0 aliphatic carbocycles. The molecule has 0 spiro atoms. The number of carbonyl (C=O) groups is 1. The SMILES string of the molecule is CC(=O)N=C1CO[C@H](CO)[C@H](O)[C@@H]1C. The number of carbonyl (C=O) groups excluding carboxylic acids is 1. The Balaban J connectivity index is 2.73. The highest BCUT2D eigenvalue weighted by Crippen LogP contribution is 2.18. The molecular weight excluding hydrogens is 186 g/mol. The smallest absolute Gasteiger partial charge is 0.242 e. The van der Waals surface area contributed by atoms with Crippen LogP contribution in [0.25, 0.3) is 0 Å². The average Bonchev–Trinajstić information content (AvgIpc) is 2.13. The lowest BCUT2D eigenvalue weighted by atomic mass is 9.92. The maximum Gasteiger partial charge on any atom is 0.242 e. The van der Waals surface area contributed by atoms with Gasteiger partial charge in [0.1, 0.15) is 6.10 Å². The Kier molecular flexibility index (Phi) is 3.74. The molecule has 3 atom stereocenters. The van der Waals surface area contributed by atoms with E-state index in [4.69, 9.17) is 9.84 Å². The first-order chi connectivity index (χ1) is 6.56. The van der Waals surface area contributed by atoms with Crippen LogP contribution in [0.3, 0.4) is 0 Å². The van der Waals surface area contributed by atoms with Crippen molar-refractivity contribution in [1.29, 1.82) is 0 Å². The molecule has 0 aromatic heterocycles. The Morgan fingerprint density at radius 3 is 2.86 bits per heavy atom. The molecule has 0 aromatic carbocycles. The van der Waals surface area contributed by atoms with E-state index < -0.39 is 12.2 Å². The Morgan fingerprint density at radius 2 is 2.36 bits per heavy atom. The second kappa shape index (κ2) is 4.63. The Bertz CT molecular complexity index is 251. The van der Waals surface area contributed by atoms with Crippen LogP contribution in [-0.2, 0) is 9.53 Å². The van der Waals surface area contributed by atoms with E-state index in [-0.39, 0.29) is 25.0 Å². The highest BCUT2D eigenvalue weighted by molar-refractivity contribution is 5.97. The van der Waals surface area contributed by atoms with Crippen LogP contribution in [0, 0.1) is 5.92 Å². The summed E-state index contributed by atoms with van der Waals surface area (Å²) in [6.45, 7) is 3.09. The molecule has 2 N–H and O–H groups in total. The molecule has 1 saturated heterocycles. The first-order valence-corrected chi connectivity index (χ1v) is 4.54. The maximum absolute atomic E-state index is 10.7. The third kappa shape index (κ3) is 2.37. The van der Waals surface area contributed by atoms with Gasteiger partial charge in [0.25, 0.3) is 0 Å². The van der Waals surface area contributed by atoms with E-state index in [1.165, 1.54) is 6.92 Å². The van der Waals surface area contributed by atoms with Crippen LogP contribution in [-0.4, -0.2) is 47.3 Å². The van der Waals surface area contributed by atoms with Crippen molar-refractivity contribution in [1.82, 2.24) is 0 Å². The number of ether oxygens (including phenoxy) is 1. The molecule has 1 rings (SSSR count). The van der Waals surface area contributed by atoms with Gasteiger partial charge in [-0.15, -0.1) is 0 Å². The Labute approximate surface area is 82.4 Å². The van der Waals surface area contributed by atoms with E-state index in [1.54, 1.807) is 6.92 Å². The number of aliphatic hydroxyl groups excluding tert-OH is 2. The summed E-state index contributed by atoms with van der Waals surface area (Å²) in [6, 6.07) is 0. The lowest BCUT2D eigenvalue weighted by Crippen LogP contribution is -2.47. The predicted molar refractivity (Wildman–Crippen MR) is 50.1 cm³/mol. The van der Waals surface area contributed by atoms with E-state index in [2.05, 4.69) is 4.99 Å². The minimum atomic E-state index is -0.799. The third-order valence-corrected chi connectivity index (χ3v) is 2.35. The molecule has 1 heterocycles. The summed E-state index contributed by atoms with van der Waals surface area (Å²) in [5, 5.41) is 18.5. The van der Waals surface area contributed by atoms with E-state index in [1.807, 2.05) is 0 Å². The fraction of sp³-hybridized carbons (Fsp3) is 0.778. The molecular formula is C9H15NO4. The van der Waals surface area contributed by atoms with Crippen molar-refractivity contribution >= 4 is 11.6 Å². The van der Waals surface area contributed by atoms with E-state index in [0.29, 0.717) is 5.71 Å². The van der Waals surface area contributed by atoms with Crippen LogP contribution < -0.4 is 0 Å². The molecule has 1 amide bonds. The normalized spacial score (nSPS) is 36.0. The van der Waals surface area contributed by atoms with Gasteiger partial charge >= 0.3 is 0 Å². The molecule has 14 heavy (non-hydrogen) atoms. The minimum absolute atomic E-state index is 0.197. The van der Waals surface area contributed by atoms with Crippen LogP contribution >= 0.6 is 0 Å². The second-order valence-corrected chi connectivity index (χ2v) is 3.43. The fourth-order valence-corrected chi connectivity index (χ4v) is 1.44. The van der Waals surface area contributed by atoms with Crippen LogP contribution in [0.1, 0.15) is 13.8 Å². The van der Waals surface area contributed by atoms with Crippen molar-refractivity contribution in [3.63, 3.8) is 0 Å². The van der Waals surface area contributed by atoms with Crippen LogP contribution in [0.5, 0.6) is 0 Å². The zero-order valence-corrected chi connectivity index (χ0v) is 8.30. The zero-order chi connectivity index (χ0) is 10.7. The van der Waals surface area contributed by atoms with Crippen molar-refractivity contribution in [2.75, 3.05) is 13.2 Å². The Morgan fingerprint density at radius 1 is 1.71 bits per heavy atom. The van der Waals surface area contributed by atoms with Gasteiger partial charge in [-0.1, -0.05) is 6.92 Å². The minimum Gasteiger partial charge on any atom is -0.394 e. The van der Waals surface area contributed by atoms with Gasteiger partial charge in [-0.05, 0) is 0 Å². The lowest BCUT2D eigenvalue weighted by Gasteiger charge is -2.32. The zero-order valence-electron chi connectivity index (χ0n) is 8.30. The Hall–Kier alpha value is -0.780. The molecule has 5 heteroatoms. The molecule has 1 aliphatic rings. The molecule has 0 radical (unpaired) electrons. The molecule has 0 bridgehead atoms. The first kappa shape index (κ1) is 11.3. The predicted octanol–water partition coefficient (Wildman–Crippen LogP) is -0.638. The van der Waals surface area contributed by atoms with Crippen LogP contribution in [0.15, 0.2) is 4.99 Å². The van der Waals surface area contributed by atoms with Gasteiger partial charge in [0, 0.05) is 12.8 Å². The summed E-state index contributed by atoms with van der Waals surface area (Å²) >= 11 is 0. The fourth-order valence-electron chi connectivity index (χ4n) is 1.44. The van der Waals surface area contributed by atoms with E-state index in [0.717, 1.165) is 0 Å². The largest absolute Gasteiger partial charge is 0.394 e. The van der Waals surface area contributed by atoms with Crippen molar-refractivity contribution in [3.05, 3.63) is 0 Å². The summed E-state index contributed by atoms with van der Waals surface area (Å²) in [5.41, 5.74) is 0.537. The second-order valence-electron chi connectivity index (χ2n) is 3.43. The summed E-state index contributed by atoms with van der Waals surface area (Å²) in [6.07, 6.45) is -1.37. The van der Waals surface area contributed by atoms with Crippen molar-refractivity contribution in [3.8, 4) is 0 Å². The summed E-state index contributed by atoms with van der Waals surface area (Å²) in [4.78, 5) is 14.5. The molecule has 5 nitrogen and oxygen atoms in total. The number of amides is 1. The standard InChI is InChI=1S/C9H15NO4/c1-5-7(10-6(2)12)4-14-8(3-11)9(5)13/h5,8-9,11,13H,3-4H2,1-2H3/t5-,8-,9-/m1/s1. The number of aliphatic hydroxyl groups is 2. The van der Waals surface area contributed by atoms with Crippen LogP contribution in [0.4, 0.5) is 0 Å². The number of rotatable bonds is 1. The maximum atomic E-state index is 10.7. The van der Waals surface area contributed by atoms with Gasteiger partial charge in [0.2, 0.25) is 5.91 Å². The average molecular weight is 201 g/mol. The molecule has 1 fully saturated rings. The van der Waals surface area contributed by atoms with Gasteiger partial charge in [0.15, 0.2) is 0 Å². The monoisotopic (exact) mass is 201 g/mol. The van der Waals surface area contributed by atoms with Gasteiger partial charge in [-0.25, -0.2) is 4.99 Å².